The molecule has 1 saturated carbocycles. The molecule has 0 atom stereocenters. The number of thioether (sulfide) groups is 1. The Morgan fingerprint density at radius 3 is 2.75 bits per heavy atom. The molecule has 0 amide bonds. The molecule has 1 fully saturated rings. The first-order valence-electron chi connectivity index (χ1n) is 4.11. The highest BCUT2D eigenvalue weighted by Crippen LogP contribution is 2.45. The predicted molar refractivity (Wildman–Crippen MR) is 51.4 cm³/mol. The normalized spacial score (nSPS) is 19.2. The molecule has 1 aromatic carbocycles. The average Bonchev–Trinajstić information content (AvgIpc) is 2.85. The van der Waals surface area contributed by atoms with E-state index in [-0.39, 0.29) is 0 Å². The first-order valence-corrected chi connectivity index (χ1v) is 5.34. The maximum absolute atomic E-state index is 9.81. The lowest BCUT2D eigenvalue weighted by Gasteiger charge is -2.08. The van der Waals surface area contributed by atoms with E-state index in [4.69, 9.17) is 0 Å². The fourth-order valence-corrected chi connectivity index (χ4v) is 1.78. The van der Waals surface area contributed by atoms with Gasteiger partial charge in [-0.15, -0.1) is 11.8 Å². The highest BCUT2D eigenvalue weighted by Gasteiger charge is 2.41. The van der Waals surface area contributed by atoms with Crippen LogP contribution in [0.15, 0.2) is 29.2 Å². The highest BCUT2D eigenvalue weighted by atomic mass is 32.2. The largest absolute Gasteiger partial charge is 0.385 e. The molecule has 0 aromatic heterocycles. The van der Waals surface area contributed by atoms with Crippen molar-refractivity contribution in [2.75, 3.05) is 6.26 Å². The van der Waals surface area contributed by atoms with Gasteiger partial charge in [0.25, 0.3) is 0 Å². The molecule has 1 aromatic rings. The second-order valence-corrected chi connectivity index (χ2v) is 4.14. The summed E-state index contributed by atoms with van der Waals surface area (Å²) in [5.74, 6) is 0. The number of hydrogen-bond donors (Lipinski definition) is 1. The van der Waals surface area contributed by atoms with Crippen molar-refractivity contribution in [2.24, 2.45) is 0 Å². The molecule has 2 rings (SSSR count). The Bertz CT molecular complexity index is 292. The van der Waals surface area contributed by atoms with E-state index >= 15 is 0 Å². The monoisotopic (exact) mass is 180 g/mol. The molecule has 12 heavy (non-hydrogen) atoms. The molecule has 2 heteroatoms. The van der Waals surface area contributed by atoms with Crippen molar-refractivity contribution in [2.45, 2.75) is 23.3 Å². The number of aliphatic hydroxyl groups is 1. The minimum absolute atomic E-state index is 0.480. The summed E-state index contributed by atoms with van der Waals surface area (Å²) in [7, 11) is 0. The fourth-order valence-electron chi connectivity index (χ4n) is 1.32. The predicted octanol–water partition coefficient (Wildman–Crippen LogP) is 2.39. The van der Waals surface area contributed by atoms with E-state index < -0.39 is 5.60 Å². The summed E-state index contributed by atoms with van der Waals surface area (Å²) in [6.07, 6.45) is 3.89. The smallest absolute Gasteiger partial charge is 0.0899 e. The van der Waals surface area contributed by atoms with E-state index in [0.29, 0.717) is 0 Å². The van der Waals surface area contributed by atoms with E-state index in [1.54, 1.807) is 11.8 Å². The lowest BCUT2D eigenvalue weighted by molar-refractivity contribution is 0.151. The van der Waals surface area contributed by atoms with E-state index in [1.165, 1.54) is 4.90 Å². The first kappa shape index (κ1) is 8.14. The van der Waals surface area contributed by atoms with Crippen LogP contribution in [0.2, 0.25) is 0 Å². The van der Waals surface area contributed by atoms with Crippen molar-refractivity contribution in [1.29, 1.82) is 0 Å². The topological polar surface area (TPSA) is 20.2 Å². The summed E-state index contributed by atoms with van der Waals surface area (Å²) in [4.78, 5) is 1.23. The summed E-state index contributed by atoms with van der Waals surface area (Å²) in [5.41, 5.74) is 0.598. The SMILES string of the molecule is CSc1cccc(C2(O)CC2)c1. The van der Waals surface area contributed by atoms with E-state index in [9.17, 15) is 5.11 Å². The van der Waals surface area contributed by atoms with Crippen LogP contribution in [-0.2, 0) is 5.60 Å². The maximum atomic E-state index is 9.81. The van der Waals surface area contributed by atoms with Crippen LogP contribution in [0.5, 0.6) is 0 Å². The van der Waals surface area contributed by atoms with E-state index in [0.717, 1.165) is 18.4 Å². The van der Waals surface area contributed by atoms with E-state index in [1.807, 2.05) is 12.1 Å². The van der Waals surface area contributed by atoms with Crippen molar-refractivity contribution in [1.82, 2.24) is 0 Å². The Labute approximate surface area is 76.8 Å². The third kappa shape index (κ3) is 1.37. The third-order valence-electron chi connectivity index (χ3n) is 2.33. The zero-order valence-corrected chi connectivity index (χ0v) is 7.90. The molecule has 1 aliphatic rings. The Morgan fingerprint density at radius 1 is 1.42 bits per heavy atom. The second-order valence-electron chi connectivity index (χ2n) is 3.26. The molecule has 1 N–H and O–H groups in total. The molecular weight excluding hydrogens is 168 g/mol. The lowest BCUT2D eigenvalue weighted by atomic mass is 10.1. The van der Waals surface area contributed by atoms with Gasteiger partial charge in [0.2, 0.25) is 0 Å². The van der Waals surface area contributed by atoms with Crippen LogP contribution in [0.25, 0.3) is 0 Å². The summed E-state index contributed by atoms with van der Waals surface area (Å²) in [6, 6.07) is 8.17. The van der Waals surface area contributed by atoms with Gasteiger partial charge in [0, 0.05) is 4.90 Å². The van der Waals surface area contributed by atoms with Crippen LogP contribution < -0.4 is 0 Å². The van der Waals surface area contributed by atoms with Gasteiger partial charge in [-0.05, 0) is 36.8 Å². The van der Waals surface area contributed by atoms with Crippen molar-refractivity contribution in [3.63, 3.8) is 0 Å². The average molecular weight is 180 g/mol. The molecule has 0 aliphatic heterocycles. The number of hydrogen-bond acceptors (Lipinski definition) is 2. The van der Waals surface area contributed by atoms with Crippen LogP contribution in [-0.4, -0.2) is 11.4 Å². The van der Waals surface area contributed by atoms with Crippen molar-refractivity contribution < 1.29 is 5.11 Å². The highest BCUT2D eigenvalue weighted by molar-refractivity contribution is 7.98. The van der Waals surface area contributed by atoms with Gasteiger partial charge >= 0.3 is 0 Å². The summed E-state index contributed by atoms with van der Waals surface area (Å²) in [5, 5.41) is 9.81. The van der Waals surface area contributed by atoms with Gasteiger partial charge in [0.15, 0.2) is 0 Å². The molecule has 1 aliphatic carbocycles. The Morgan fingerprint density at radius 2 is 2.17 bits per heavy atom. The van der Waals surface area contributed by atoms with Crippen LogP contribution in [0.3, 0.4) is 0 Å². The van der Waals surface area contributed by atoms with Gasteiger partial charge in [-0.1, -0.05) is 12.1 Å². The zero-order valence-electron chi connectivity index (χ0n) is 7.08. The number of benzene rings is 1. The number of rotatable bonds is 2. The summed E-state index contributed by atoms with van der Waals surface area (Å²) >= 11 is 1.72. The fraction of sp³-hybridized carbons (Fsp3) is 0.400. The van der Waals surface area contributed by atoms with Gasteiger partial charge in [0.05, 0.1) is 5.60 Å². The van der Waals surface area contributed by atoms with Gasteiger partial charge in [-0.3, -0.25) is 0 Å². The van der Waals surface area contributed by atoms with Crippen LogP contribution >= 0.6 is 11.8 Å². The van der Waals surface area contributed by atoms with Crippen molar-refractivity contribution in [3.05, 3.63) is 29.8 Å². The zero-order chi connectivity index (χ0) is 8.60. The standard InChI is InChI=1S/C10H12OS/c1-12-9-4-2-3-8(7-9)10(11)5-6-10/h2-4,7,11H,5-6H2,1H3. The summed E-state index contributed by atoms with van der Waals surface area (Å²) < 4.78 is 0. The molecule has 64 valence electrons. The Hall–Kier alpha value is -0.470. The molecule has 1 nitrogen and oxygen atoms in total. The Kier molecular flexibility index (Phi) is 1.89. The Balaban J connectivity index is 2.32. The molecule has 0 spiro atoms. The van der Waals surface area contributed by atoms with Crippen molar-refractivity contribution in [3.8, 4) is 0 Å². The molecule has 0 radical (unpaired) electrons. The minimum Gasteiger partial charge on any atom is -0.385 e. The molecule has 0 heterocycles. The third-order valence-corrected chi connectivity index (χ3v) is 3.06. The molecular formula is C10H12OS. The van der Waals surface area contributed by atoms with E-state index in [2.05, 4.69) is 18.4 Å². The lowest BCUT2D eigenvalue weighted by Crippen LogP contribution is -2.03. The molecule has 0 saturated heterocycles. The molecule has 0 unspecified atom stereocenters. The van der Waals surface area contributed by atoms with Crippen LogP contribution in [0.1, 0.15) is 18.4 Å². The maximum Gasteiger partial charge on any atom is 0.0899 e. The van der Waals surface area contributed by atoms with Crippen LogP contribution in [0, 0.1) is 0 Å². The van der Waals surface area contributed by atoms with Gasteiger partial charge in [-0.2, -0.15) is 0 Å². The van der Waals surface area contributed by atoms with Gasteiger partial charge in [0.1, 0.15) is 0 Å². The quantitative estimate of drug-likeness (QED) is 0.705. The second kappa shape index (κ2) is 2.79. The molecule has 0 bridgehead atoms. The van der Waals surface area contributed by atoms with Gasteiger partial charge < -0.3 is 5.11 Å². The van der Waals surface area contributed by atoms with Crippen LogP contribution in [0.4, 0.5) is 0 Å². The first-order chi connectivity index (χ1) is 5.74. The summed E-state index contributed by atoms with van der Waals surface area (Å²) in [6.45, 7) is 0. The van der Waals surface area contributed by atoms with Crippen molar-refractivity contribution >= 4 is 11.8 Å². The minimum atomic E-state index is -0.480. The van der Waals surface area contributed by atoms with Gasteiger partial charge in [-0.25, -0.2) is 0 Å².